The van der Waals surface area contributed by atoms with Crippen LogP contribution in [0.2, 0.25) is 0 Å². The van der Waals surface area contributed by atoms with E-state index in [1.54, 1.807) is 23.0 Å². The second-order valence-corrected chi connectivity index (χ2v) is 7.95. The molecule has 0 bridgehead atoms. The Kier molecular flexibility index (Phi) is 4.95. The van der Waals surface area contributed by atoms with Gasteiger partial charge in [-0.1, -0.05) is 30.3 Å². The van der Waals surface area contributed by atoms with Gasteiger partial charge in [0, 0.05) is 38.1 Å². The quantitative estimate of drug-likeness (QED) is 0.697. The molecule has 1 amide bonds. The van der Waals surface area contributed by atoms with Crippen LogP contribution in [-0.4, -0.2) is 56.1 Å². The molecule has 1 aromatic carbocycles. The number of nitrogens with zero attached hydrogens (tertiary/aromatic N) is 5. The van der Waals surface area contributed by atoms with Crippen LogP contribution >= 0.6 is 0 Å². The smallest absolute Gasteiger partial charge is 0.293 e. The Hall–Kier alpha value is -2.84. The molecule has 0 aliphatic carbocycles. The number of likely N-dealkylation sites (tertiary alicyclic amines) is 1. The summed E-state index contributed by atoms with van der Waals surface area (Å²) in [5, 5.41) is 4.31. The van der Waals surface area contributed by atoms with Gasteiger partial charge in [0.25, 0.3) is 11.7 Å². The summed E-state index contributed by atoms with van der Waals surface area (Å²) >= 11 is 0. The zero-order valence-electron chi connectivity index (χ0n) is 16.2. The lowest BCUT2D eigenvalue weighted by atomic mass is 9.81. The molecule has 3 aromatic rings. The van der Waals surface area contributed by atoms with Crippen LogP contribution in [0, 0.1) is 11.8 Å². The lowest BCUT2D eigenvalue weighted by Crippen LogP contribution is -2.49. The summed E-state index contributed by atoms with van der Waals surface area (Å²) < 4.78 is 1.55. The van der Waals surface area contributed by atoms with Crippen LogP contribution in [-0.2, 0) is 6.42 Å². The van der Waals surface area contributed by atoms with Gasteiger partial charge >= 0.3 is 0 Å². The van der Waals surface area contributed by atoms with Crippen molar-refractivity contribution in [2.75, 3.05) is 19.6 Å². The summed E-state index contributed by atoms with van der Waals surface area (Å²) in [5.74, 6) is 1.49. The van der Waals surface area contributed by atoms with E-state index in [1.807, 2.05) is 4.90 Å². The predicted molar refractivity (Wildman–Crippen MR) is 108 cm³/mol. The van der Waals surface area contributed by atoms with E-state index in [9.17, 15) is 4.79 Å². The highest BCUT2D eigenvalue weighted by molar-refractivity contribution is 5.90. The molecule has 8 nitrogen and oxygen atoms in total. The van der Waals surface area contributed by atoms with Crippen LogP contribution in [0.25, 0.3) is 5.78 Å². The standard InChI is InChI=1S/C21H25N7O/c29-20(19-24-21-22-9-5-11-28(21)26-19)27-10-4-8-16(14-27)18-17(13-23-25-18)12-15-6-2-1-3-7-15/h1-3,5-7,9,11,16-18,23,25H,4,8,10,12-14H2. The number of aromatic nitrogens is 4. The van der Waals surface area contributed by atoms with E-state index < -0.39 is 0 Å². The topological polar surface area (TPSA) is 87.5 Å². The number of nitrogens with one attached hydrogen (secondary N) is 2. The first-order valence-electron chi connectivity index (χ1n) is 10.3. The number of amides is 1. The molecular weight excluding hydrogens is 366 g/mol. The van der Waals surface area contributed by atoms with E-state index in [4.69, 9.17) is 0 Å². The lowest BCUT2D eigenvalue weighted by molar-refractivity contribution is 0.0623. The number of rotatable bonds is 4. The Balaban J connectivity index is 1.29. The first-order valence-corrected chi connectivity index (χ1v) is 10.3. The second kappa shape index (κ2) is 7.88. The SMILES string of the molecule is O=C(c1nc2ncccn2n1)N1CCCC(C2NNCC2Cc2ccccc2)C1. The average Bonchev–Trinajstić information content (AvgIpc) is 3.41. The maximum atomic E-state index is 13.0. The predicted octanol–water partition coefficient (Wildman–Crippen LogP) is 1.31. The van der Waals surface area contributed by atoms with Crippen LogP contribution in [0.3, 0.4) is 0 Å². The lowest BCUT2D eigenvalue weighted by Gasteiger charge is -2.37. The van der Waals surface area contributed by atoms with Gasteiger partial charge in [-0.3, -0.25) is 15.6 Å². The van der Waals surface area contributed by atoms with E-state index >= 15 is 0 Å². The number of hydrogen-bond acceptors (Lipinski definition) is 6. The van der Waals surface area contributed by atoms with Crippen molar-refractivity contribution >= 4 is 11.7 Å². The minimum atomic E-state index is -0.106. The summed E-state index contributed by atoms with van der Waals surface area (Å²) in [6, 6.07) is 12.7. The molecule has 2 N–H and O–H groups in total. The molecule has 150 valence electrons. The summed E-state index contributed by atoms with van der Waals surface area (Å²) in [6.07, 6.45) is 6.57. The van der Waals surface area contributed by atoms with E-state index in [0.29, 0.717) is 23.7 Å². The minimum Gasteiger partial charge on any atom is -0.336 e. The van der Waals surface area contributed by atoms with Gasteiger partial charge in [0.15, 0.2) is 0 Å². The molecular formula is C21H25N7O. The van der Waals surface area contributed by atoms with Gasteiger partial charge in [-0.05, 0) is 42.7 Å². The molecule has 4 heterocycles. The Bertz CT molecular complexity index is 956. The van der Waals surface area contributed by atoms with Gasteiger partial charge in [0.2, 0.25) is 5.82 Å². The normalized spacial score (nSPS) is 24.8. The number of benzene rings is 1. The number of hydrazine groups is 1. The molecule has 8 heteroatoms. The molecule has 2 fully saturated rings. The molecule has 2 aliphatic heterocycles. The minimum absolute atomic E-state index is 0.106. The first-order chi connectivity index (χ1) is 14.3. The molecule has 3 unspecified atom stereocenters. The van der Waals surface area contributed by atoms with Crippen molar-refractivity contribution in [2.24, 2.45) is 11.8 Å². The van der Waals surface area contributed by atoms with E-state index in [1.165, 1.54) is 5.56 Å². The van der Waals surface area contributed by atoms with Gasteiger partial charge in [0.05, 0.1) is 0 Å². The van der Waals surface area contributed by atoms with Crippen LogP contribution in [0.15, 0.2) is 48.8 Å². The summed E-state index contributed by atoms with van der Waals surface area (Å²) in [4.78, 5) is 23.4. The van der Waals surface area contributed by atoms with Crippen molar-refractivity contribution in [3.05, 3.63) is 60.2 Å². The third-order valence-electron chi connectivity index (χ3n) is 6.04. The van der Waals surface area contributed by atoms with Gasteiger partial charge in [-0.15, -0.1) is 5.10 Å². The number of piperidine rings is 1. The van der Waals surface area contributed by atoms with Crippen molar-refractivity contribution < 1.29 is 4.79 Å². The zero-order chi connectivity index (χ0) is 19.6. The van der Waals surface area contributed by atoms with Gasteiger partial charge < -0.3 is 4.90 Å². The number of carbonyl (C=O) groups excluding carboxylic acids is 1. The van der Waals surface area contributed by atoms with Crippen molar-refractivity contribution in [1.29, 1.82) is 0 Å². The number of fused-ring (bicyclic) bond motifs is 1. The second-order valence-electron chi connectivity index (χ2n) is 7.95. The van der Waals surface area contributed by atoms with E-state index in [0.717, 1.165) is 38.9 Å². The Morgan fingerprint density at radius 1 is 1.21 bits per heavy atom. The van der Waals surface area contributed by atoms with Gasteiger partial charge in [-0.2, -0.15) is 4.98 Å². The fourth-order valence-corrected chi connectivity index (χ4v) is 4.62. The molecule has 5 rings (SSSR count). The highest BCUT2D eigenvalue weighted by atomic mass is 16.2. The average molecular weight is 391 g/mol. The molecule has 2 aromatic heterocycles. The van der Waals surface area contributed by atoms with Crippen molar-refractivity contribution in [3.63, 3.8) is 0 Å². The molecule has 2 saturated heterocycles. The Morgan fingerprint density at radius 3 is 2.97 bits per heavy atom. The van der Waals surface area contributed by atoms with Gasteiger partial charge in [0.1, 0.15) is 0 Å². The molecule has 0 radical (unpaired) electrons. The first kappa shape index (κ1) is 18.2. The Morgan fingerprint density at radius 2 is 2.10 bits per heavy atom. The zero-order valence-corrected chi connectivity index (χ0v) is 16.2. The van der Waals surface area contributed by atoms with Crippen LogP contribution in [0.5, 0.6) is 0 Å². The van der Waals surface area contributed by atoms with E-state index in [-0.39, 0.29) is 11.7 Å². The summed E-state index contributed by atoms with van der Waals surface area (Å²) in [7, 11) is 0. The van der Waals surface area contributed by atoms with Gasteiger partial charge in [-0.25, -0.2) is 9.50 Å². The van der Waals surface area contributed by atoms with Crippen LogP contribution < -0.4 is 10.9 Å². The molecule has 3 atom stereocenters. The largest absolute Gasteiger partial charge is 0.336 e. The monoisotopic (exact) mass is 391 g/mol. The molecule has 29 heavy (non-hydrogen) atoms. The van der Waals surface area contributed by atoms with Crippen molar-refractivity contribution in [2.45, 2.75) is 25.3 Å². The molecule has 0 spiro atoms. The Labute approximate surface area is 169 Å². The highest BCUT2D eigenvalue weighted by Crippen LogP contribution is 2.28. The van der Waals surface area contributed by atoms with E-state index in [2.05, 4.69) is 56.3 Å². The fraction of sp³-hybridized carbons (Fsp3) is 0.429. The summed E-state index contributed by atoms with van der Waals surface area (Å²) in [6.45, 7) is 2.43. The van der Waals surface area contributed by atoms with Crippen LogP contribution in [0.1, 0.15) is 29.0 Å². The molecule has 0 saturated carbocycles. The van der Waals surface area contributed by atoms with Crippen LogP contribution in [0.4, 0.5) is 0 Å². The highest BCUT2D eigenvalue weighted by Gasteiger charge is 2.37. The van der Waals surface area contributed by atoms with Crippen molar-refractivity contribution in [3.8, 4) is 0 Å². The number of carbonyl (C=O) groups is 1. The number of hydrogen-bond donors (Lipinski definition) is 2. The summed E-state index contributed by atoms with van der Waals surface area (Å²) in [5.41, 5.74) is 8.19. The third-order valence-corrected chi connectivity index (χ3v) is 6.04. The third kappa shape index (κ3) is 3.73. The molecule has 2 aliphatic rings. The fourth-order valence-electron chi connectivity index (χ4n) is 4.62. The maximum Gasteiger partial charge on any atom is 0.293 e. The maximum absolute atomic E-state index is 13.0. The van der Waals surface area contributed by atoms with Crippen molar-refractivity contribution in [1.82, 2.24) is 35.3 Å².